The summed E-state index contributed by atoms with van der Waals surface area (Å²) >= 11 is 0. The zero-order valence-electron chi connectivity index (χ0n) is 12.1. The number of aromatic nitrogens is 2. The highest BCUT2D eigenvalue weighted by Crippen LogP contribution is 2.42. The van der Waals surface area contributed by atoms with E-state index in [1.165, 1.54) is 6.92 Å². The number of rotatable bonds is 6. The maximum atomic E-state index is 12.2. The van der Waals surface area contributed by atoms with Crippen LogP contribution in [-0.2, 0) is 4.79 Å². The number of hydrogen-bond donors (Lipinski definition) is 2. The van der Waals surface area contributed by atoms with E-state index in [-0.39, 0.29) is 11.9 Å². The summed E-state index contributed by atoms with van der Waals surface area (Å²) in [5, 5.41) is 15.7. The molecule has 1 aromatic heterocycles. The Balaban J connectivity index is 2.25. The topological polar surface area (TPSA) is 84.2 Å². The van der Waals surface area contributed by atoms with E-state index in [0.717, 1.165) is 25.0 Å². The molecule has 1 saturated carbocycles. The number of aliphatic carboxylic acids is 1. The first-order valence-electron chi connectivity index (χ1n) is 7.06. The number of hydrogen-bond acceptors (Lipinski definition) is 3. The molecule has 6 heteroatoms. The molecule has 6 nitrogen and oxygen atoms in total. The number of carbonyl (C=O) groups excluding carboxylic acids is 1. The molecule has 1 amide bonds. The highest BCUT2D eigenvalue weighted by molar-refractivity contribution is 5.97. The van der Waals surface area contributed by atoms with Crippen molar-refractivity contribution in [3.63, 3.8) is 0 Å². The van der Waals surface area contributed by atoms with Crippen LogP contribution in [0.2, 0.25) is 0 Å². The fraction of sp³-hybridized carbons (Fsp3) is 0.643. The molecule has 0 bridgehead atoms. The van der Waals surface area contributed by atoms with Crippen LogP contribution >= 0.6 is 0 Å². The third-order valence-corrected chi connectivity index (χ3v) is 3.77. The van der Waals surface area contributed by atoms with E-state index in [1.807, 2.05) is 4.68 Å². The van der Waals surface area contributed by atoms with Gasteiger partial charge in [0.05, 0.1) is 17.5 Å². The number of amides is 1. The van der Waals surface area contributed by atoms with E-state index < -0.39 is 12.0 Å². The average Bonchev–Trinajstić information content (AvgIpc) is 3.15. The highest BCUT2D eigenvalue weighted by Gasteiger charge is 2.33. The first-order valence-corrected chi connectivity index (χ1v) is 7.06. The Kier molecular flexibility index (Phi) is 4.11. The van der Waals surface area contributed by atoms with E-state index in [9.17, 15) is 9.59 Å². The third-order valence-electron chi connectivity index (χ3n) is 3.77. The second-order valence-corrected chi connectivity index (χ2v) is 5.45. The molecular formula is C14H21N3O3. The van der Waals surface area contributed by atoms with Crippen molar-refractivity contribution in [3.8, 4) is 0 Å². The van der Waals surface area contributed by atoms with E-state index in [2.05, 4.69) is 24.3 Å². The Morgan fingerprint density at radius 3 is 2.65 bits per heavy atom. The van der Waals surface area contributed by atoms with E-state index >= 15 is 0 Å². The maximum absolute atomic E-state index is 12.2. The van der Waals surface area contributed by atoms with Crippen LogP contribution < -0.4 is 5.32 Å². The van der Waals surface area contributed by atoms with Crippen molar-refractivity contribution in [1.29, 1.82) is 0 Å². The predicted molar refractivity (Wildman–Crippen MR) is 73.8 cm³/mol. The van der Waals surface area contributed by atoms with Crippen molar-refractivity contribution >= 4 is 11.9 Å². The van der Waals surface area contributed by atoms with Gasteiger partial charge in [-0.25, -0.2) is 0 Å². The van der Waals surface area contributed by atoms with Gasteiger partial charge in [-0.3, -0.25) is 14.3 Å². The lowest BCUT2D eigenvalue weighted by Gasteiger charge is -2.15. The minimum atomic E-state index is -1.04. The van der Waals surface area contributed by atoms with Gasteiger partial charge in [0.2, 0.25) is 0 Å². The van der Waals surface area contributed by atoms with E-state index in [0.29, 0.717) is 11.5 Å². The van der Waals surface area contributed by atoms with Gasteiger partial charge in [0.25, 0.3) is 5.91 Å². The third kappa shape index (κ3) is 2.84. The van der Waals surface area contributed by atoms with Gasteiger partial charge in [-0.2, -0.15) is 5.10 Å². The number of nitrogens with one attached hydrogen (secondary N) is 1. The Bertz CT molecular complexity index is 520. The highest BCUT2D eigenvalue weighted by atomic mass is 16.4. The van der Waals surface area contributed by atoms with Gasteiger partial charge in [0, 0.05) is 12.0 Å². The molecule has 2 atom stereocenters. The van der Waals surface area contributed by atoms with Gasteiger partial charge in [0.1, 0.15) is 6.04 Å². The molecule has 0 saturated heterocycles. The SMILES string of the molecule is CCC(C)n1ncc(C(=O)N[C@@H](C)C(=O)O)c1C1CC1. The lowest BCUT2D eigenvalue weighted by atomic mass is 10.1. The number of nitrogens with zero attached hydrogens (tertiary/aromatic N) is 2. The summed E-state index contributed by atoms with van der Waals surface area (Å²) in [5.41, 5.74) is 1.47. The summed E-state index contributed by atoms with van der Waals surface area (Å²) in [5.74, 6) is -1.01. The minimum absolute atomic E-state index is 0.240. The maximum Gasteiger partial charge on any atom is 0.325 e. The number of carboxylic acid groups (broad SMARTS) is 1. The monoisotopic (exact) mass is 279 g/mol. The standard InChI is InChI=1S/C14H21N3O3/c1-4-8(2)17-12(10-5-6-10)11(7-15-17)13(18)16-9(3)14(19)20/h7-10H,4-6H2,1-3H3,(H,16,18)(H,19,20)/t8?,9-/m0/s1. The molecule has 20 heavy (non-hydrogen) atoms. The second kappa shape index (κ2) is 5.64. The fourth-order valence-electron chi connectivity index (χ4n) is 2.17. The molecule has 2 rings (SSSR count). The van der Waals surface area contributed by atoms with Crippen LogP contribution in [0.15, 0.2) is 6.20 Å². The zero-order valence-corrected chi connectivity index (χ0v) is 12.1. The first-order chi connectivity index (χ1) is 9.45. The van der Waals surface area contributed by atoms with Crippen molar-refractivity contribution in [1.82, 2.24) is 15.1 Å². The molecule has 0 aromatic carbocycles. The molecule has 1 unspecified atom stereocenters. The smallest absolute Gasteiger partial charge is 0.325 e. The van der Waals surface area contributed by atoms with Crippen molar-refractivity contribution < 1.29 is 14.7 Å². The van der Waals surface area contributed by atoms with Crippen molar-refractivity contribution in [3.05, 3.63) is 17.5 Å². The van der Waals surface area contributed by atoms with Crippen LogP contribution in [0.1, 0.15) is 68.0 Å². The van der Waals surface area contributed by atoms with Crippen molar-refractivity contribution in [2.24, 2.45) is 0 Å². The van der Waals surface area contributed by atoms with E-state index in [1.54, 1.807) is 6.20 Å². The second-order valence-electron chi connectivity index (χ2n) is 5.45. The van der Waals surface area contributed by atoms with Crippen LogP contribution in [0.25, 0.3) is 0 Å². The van der Waals surface area contributed by atoms with Crippen LogP contribution in [-0.4, -0.2) is 32.8 Å². The molecular weight excluding hydrogens is 258 g/mol. The normalized spacial score (nSPS) is 17.6. The Hall–Kier alpha value is -1.85. The zero-order chi connectivity index (χ0) is 14.9. The van der Waals surface area contributed by atoms with Crippen LogP contribution in [0.3, 0.4) is 0 Å². The van der Waals surface area contributed by atoms with Gasteiger partial charge >= 0.3 is 5.97 Å². The molecule has 1 heterocycles. The first kappa shape index (κ1) is 14.6. The molecule has 0 aliphatic heterocycles. The molecule has 2 N–H and O–H groups in total. The number of carboxylic acids is 1. The molecule has 0 spiro atoms. The Morgan fingerprint density at radius 2 is 2.15 bits per heavy atom. The molecule has 1 fully saturated rings. The fourth-order valence-corrected chi connectivity index (χ4v) is 2.17. The molecule has 110 valence electrons. The lowest BCUT2D eigenvalue weighted by molar-refractivity contribution is -0.138. The molecule has 0 radical (unpaired) electrons. The predicted octanol–water partition coefficient (Wildman–Crippen LogP) is 1.93. The van der Waals surface area contributed by atoms with Crippen molar-refractivity contribution in [2.75, 3.05) is 0 Å². The molecule has 1 aromatic rings. The summed E-state index contributed by atoms with van der Waals surface area (Å²) in [6.45, 7) is 5.60. The Labute approximate surface area is 118 Å². The summed E-state index contributed by atoms with van der Waals surface area (Å²) in [6, 6.07) is -0.662. The lowest BCUT2D eigenvalue weighted by Crippen LogP contribution is -2.38. The summed E-state index contributed by atoms with van der Waals surface area (Å²) in [4.78, 5) is 23.0. The summed E-state index contributed by atoms with van der Waals surface area (Å²) in [6.07, 6.45) is 4.63. The van der Waals surface area contributed by atoms with Gasteiger partial charge < -0.3 is 10.4 Å². The molecule has 1 aliphatic carbocycles. The quantitative estimate of drug-likeness (QED) is 0.833. The van der Waals surface area contributed by atoms with Crippen LogP contribution in [0.4, 0.5) is 0 Å². The van der Waals surface area contributed by atoms with Gasteiger partial charge in [0.15, 0.2) is 0 Å². The minimum Gasteiger partial charge on any atom is -0.480 e. The van der Waals surface area contributed by atoms with E-state index in [4.69, 9.17) is 5.11 Å². The summed E-state index contributed by atoms with van der Waals surface area (Å²) < 4.78 is 1.91. The van der Waals surface area contributed by atoms with Crippen molar-refractivity contribution in [2.45, 2.75) is 58.0 Å². The van der Waals surface area contributed by atoms with Crippen LogP contribution in [0.5, 0.6) is 0 Å². The van der Waals surface area contributed by atoms with Gasteiger partial charge in [-0.1, -0.05) is 6.92 Å². The summed E-state index contributed by atoms with van der Waals surface area (Å²) in [7, 11) is 0. The molecule has 1 aliphatic rings. The number of carbonyl (C=O) groups is 2. The van der Waals surface area contributed by atoms with Gasteiger partial charge in [-0.15, -0.1) is 0 Å². The average molecular weight is 279 g/mol. The largest absolute Gasteiger partial charge is 0.480 e. The van der Waals surface area contributed by atoms with Crippen LogP contribution in [0, 0.1) is 0 Å². The Morgan fingerprint density at radius 1 is 1.50 bits per heavy atom. The van der Waals surface area contributed by atoms with Gasteiger partial charge in [-0.05, 0) is 33.1 Å².